The number of Topliss-reactive ketones (excluding diaryl/α,β-unsaturated/α-hetero) is 1. The normalized spacial score (nSPS) is 11.4. The molecule has 0 spiro atoms. The highest BCUT2D eigenvalue weighted by Gasteiger charge is 2.30. The van der Waals surface area contributed by atoms with Crippen LogP contribution in [0.2, 0.25) is 5.02 Å². The van der Waals surface area contributed by atoms with E-state index < -0.39 is 11.7 Å². The number of carbonyl (C=O) groups excluding carboxylic acids is 1. The van der Waals surface area contributed by atoms with Crippen LogP contribution in [0.3, 0.4) is 0 Å². The van der Waals surface area contributed by atoms with Crippen molar-refractivity contribution in [2.45, 2.75) is 12.6 Å². The summed E-state index contributed by atoms with van der Waals surface area (Å²) in [5, 5.41) is 0.296. The second-order valence-electron chi connectivity index (χ2n) is 4.28. The zero-order valence-electron chi connectivity index (χ0n) is 10.2. The van der Waals surface area contributed by atoms with Gasteiger partial charge in [0.25, 0.3) is 0 Å². The van der Waals surface area contributed by atoms with E-state index in [0.717, 1.165) is 12.1 Å². The van der Waals surface area contributed by atoms with Crippen LogP contribution >= 0.6 is 11.6 Å². The molecule has 104 valence electrons. The van der Waals surface area contributed by atoms with Crippen LogP contribution in [-0.4, -0.2) is 5.78 Å². The number of benzene rings is 2. The van der Waals surface area contributed by atoms with Gasteiger partial charge in [-0.15, -0.1) is 0 Å². The summed E-state index contributed by atoms with van der Waals surface area (Å²) >= 11 is 5.89. The minimum atomic E-state index is -4.41. The lowest BCUT2D eigenvalue weighted by Gasteiger charge is -2.08. The van der Waals surface area contributed by atoms with Crippen molar-refractivity contribution in [2.75, 3.05) is 0 Å². The molecular formula is C15H10ClF3O. The molecule has 0 bridgehead atoms. The van der Waals surface area contributed by atoms with Crippen molar-refractivity contribution < 1.29 is 18.0 Å². The van der Waals surface area contributed by atoms with E-state index in [9.17, 15) is 18.0 Å². The Kier molecular flexibility index (Phi) is 4.14. The number of carbonyl (C=O) groups is 1. The Bertz CT molecular complexity index is 635. The summed E-state index contributed by atoms with van der Waals surface area (Å²) in [6, 6.07) is 11.2. The fourth-order valence-electron chi connectivity index (χ4n) is 1.83. The molecule has 0 amide bonds. The lowest BCUT2D eigenvalue weighted by atomic mass is 10.0. The van der Waals surface area contributed by atoms with Gasteiger partial charge in [-0.3, -0.25) is 4.79 Å². The summed E-state index contributed by atoms with van der Waals surface area (Å²) in [4.78, 5) is 12.0. The summed E-state index contributed by atoms with van der Waals surface area (Å²) < 4.78 is 37.8. The van der Waals surface area contributed by atoms with E-state index in [1.807, 2.05) is 0 Å². The van der Waals surface area contributed by atoms with Gasteiger partial charge in [-0.1, -0.05) is 41.9 Å². The van der Waals surface area contributed by atoms with Gasteiger partial charge in [0.2, 0.25) is 0 Å². The third kappa shape index (κ3) is 3.39. The SMILES string of the molecule is O=C(Cc1cccc(C(F)(F)F)c1)c1ccccc1Cl. The fraction of sp³-hybridized carbons (Fsp3) is 0.133. The highest BCUT2D eigenvalue weighted by atomic mass is 35.5. The first-order valence-electron chi connectivity index (χ1n) is 5.82. The monoisotopic (exact) mass is 298 g/mol. The first kappa shape index (κ1) is 14.6. The summed E-state index contributed by atoms with van der Waals surface area (Å²) in [7, 11) is 0. The molecule has 5 heteroatoms. The quantitative estimate of drug-likeness (QED) is 0.745. The van der Waals surface area contributed by atoms with Crippen molar-refractivity contribution in [3.63, 3.8) is 0 Å². The van der Waals surface area contributed by atoms with Crippen LogP contribution in [0.15, 0.2) is 48.5 Å². The molecule has 0 radical (unpaired) electrons. The van der Waals surface area contributed by atoms with Gasteiger partial charge < -0.3 is 0 Å². The maximum Gasteiger partial charge on any atom is 0.416 e. The number of rotatable bonds is 3. The first-order chi connectivity index (χ1) is 9.38. The Balaban J connectivity index is 2.23. The van der Waals surface area contributed by atoms with Gasteiger partial charge in [0.05, 0.1) is 10.6 Å². The predicted molar refractivity (Wildman–Crippen MR) is 70.9 cm³/mol. The van der Waals surface area contributed by atoms with Crippen LogP contribution in [0.1, 0.15) is 21.5 Å². The molecule has 0 aromatic heterocycles. The molecule has 0 atom stereocenters. The largest absolute Gasteiger partial charge is 0.416 e. The van der Waals surface area contributed by atoms with E-state index >= 15 is 0 Å². The van der Waals surface area contributed by atoms with Crippen LogP contribution in [-0.2, 0) is 12.6 Å². The topological polar surface area (TPSA) is 17.1 Å². The third-order valence-corrected chi connectivity index (χ3v) is 3.12. The Morgan fingerprint density at radius 3 is 2.40 bits per heavy atom. The van der Waals surface area contributed by atoms with Crippen molar-refractivity contribution in [1.29, 1.82) is 0 Å². The Morgan fingerprint density at radius 2 is 1.75 bits per heavy atom. The average molecular weight is 299 g/mol. The molecule has 2 aromatic rings. The molecule has 0 N–H and O–H groups in total. The molecule has 0 saturated carbocycles. The Morgan fingerprint density at radius 1 is 1.05 bits per heavy atom. The van der Waals surface area contributed by atoms with Gasteiger partial charge in [0.1, 0.15) is 0 Å². The summed E-state index contributed by atoms with van der Waals surface area (Å²) in [5.41, 5.74) is -0.140. The van der Waals surface area contributed by atoms with Crippen molar-refractivity contribution in [3.8, 4) is 0 Å². The van der Waals surface area contributed by atoms with Crippen LogP contribution in [0.4, 0.5) is 13.2 Å². The molecule has 20 heavy (non-hydrogen) atoms. The minimum absolute atomic E-state index is 0.117. The third-order valence-electron chi connectivity index (χ3n) is 2.79. The molecule has 1 nitrogen and oxygen atoms in total. The fourth-order valence-corrected chi connectivity index (χ4v) is 2.07. The maximum absolute atomic E-state index is 12.6. The van der Waals surface area contributed by atoms with Gasteiger partial charge in [-0.05, 0) is 23.8 Å². The first-order valence-corrected chi connectivity index (χ1v) is 6.19. The lowest BCUT2D eigenvalue weighted by Crippen LogP contribution is -2.08. The molecule has 2 aromatic carbocycles. The summed E-state index contributed by atoms with van der Waals surface area (Å²) in [5.74, 6) is -0.310. The molecule has 0 unspecified atom stereocenters. The van der Waals surface area contributed by atoms with Crippen molar-refractivity contribution in [2.24, 2.45) is 0 Å². The van der Waals surface area contributed by atoms with E-state index in [-0.39, 0.29) is 12.2 Å². The molecule has 0 aliphatic rings. The predicted octanol–water partition coefficient (Wildman–Crippen LogP) is 4.78. The lowest BCUT2D eigenvalue weighted by molar-refractivity contribution is -0.137. The van der Waals surface area contributed by atoms with Crippen molar-refractivity contribution in [3.05, 3.63) is 70.2 Å². The number of hydrogen-bond donors (Lipinski definition) is 0. The zero-order chi connectivity index (χ0) is 14.8. The molecule has 0 saturated heterocycles. The molecular weight excluding hydrogens is 289 g/mol. The average Bonchev–Trinajstić information content (AvgIpc) is 2.38. The van der Waals surface area contributed by atoms with Gasteiger partial charge in [-0.2, -0.15) is 13.2 Å². The van der Waals surface area contributed by atoms with E-state index in [1.165, 1.54) is 12.1 Å². The van der Waals surface area contributed by atoms with E-state index in [2.05, 4.69) is 0 Å². The van der Waals surface area contributed by atoms with E-state index in [1.54, 1.807) is 24.3 Å². The molecule has 0 aliphatic carbocycles. The summed E-state index contributed by atoms with van der Waals surface area (Å²) in [6.07, 6.45) is -4.53. The molecule has 0 heterocycles. The number of halogens is 4. The smallest absolute Gasteiger partial charge is 0.294 e. The Hall–Kier alpha value is -1.81. The van der Waals surface area contributed by atoms with Gasteiger partial charge in [0, 0.05) is 12.0 Å². The van der Waals surface area contributed by atoms with Crippen molar-refractivity contribution in [1.82, 2.24) is 0 Å². The minimum Gasteiger partial charge on any atom is -0.294 e. The second kappa shape index (κ2) is 5.67. The molecule has 0 fully saturated rings. The van der Waals surface area contributed by atoms with Crippen molar-refractivity contribution >= 4 is 17.4 Å². The molecule has 2 rings (SSSR count). The molecule has 0 aliphatic heterocycles. The Labute approximate surface area is 119 Å². The van der Waals surface area contributed by atoms with Gasteiger partial charge in [-0.25, -0.2) is 0 Å². The highest BCUT2D eigenvalue weighted by Crippen LogP contribution is 2.30. The standard InChI is InChI=1S/C15H10ClF3O/c16-13-7-2-1-6-12(13)14(20)9-10-4-3-5-11(8-10)15(17,18)19/h1-8H,9H2. The van der Waals surface area contributed by atoms with Crippen LogP contribution in [0.5, 0.6) is 0 Å². The number of hydrogen-bond acceptors (Lipinski definition) is 1. The van der Waals surface area contributed by atoms with Gasteiger partial charge >= 0.3 is 6.18 Å². The van der Waals surface area contributed by atoms with Crippen LogP contribution in [0.25, 0.3) is 0 Å². The zero-order valence-corrected chi connectivity index (χ0v) is 11.0. The van der Waals surface area contributed by atoms with Crippen LogP contribution < -0.4 is 0 Å². The number of alkyl halides is 3. The highest BCUT2D eigenvalue weighted by molar-refractivity contribution is 6.34. The second-order valence-corrected chi connectivity index (χ2v) is 4.69. The maximum atomic E-state index is 12.6. The summed E-state index contributed by atoms with van der Waals surface area (Å²) in [6.45, 7) is 0. The number of ketones is 1. The van der Waals surface area contributed by atoms with Crippen LogP contribution in [0, 0.1) is 0 Å². The van der Waals surface area contributed by atoms with Gasteiger partial charge in [0.15, 0.2) is 5.78 Å². The van der Waals surface area contributed by atoms with E-state index in [0.29, 0.717) is 16.1 Å². The van der Waals surface area contributed by atoms with E-state index in [4.69, 9.17) is 11.6 Å².